The number of nitrogens with one attached hydrogen (secondary N) is 1. The monoisotopic (exact) mass is 291 g/mol. The molecule has 1 aromatic heterocycles. The summed E-state index contributed by atoms with van der Waals surface area (Å²) in [5.41, 5.74) is 0.614. The van der Waals surface area contributed by atoms with Crippen LogP contribution in [0.15, 0.2) is 30.3 Å². The topological polar surface area (TPSA) is 21.3 Å². The zero-order valence-corrected chi connectivity index (χ0v) is 12.3. The van der Waals surface area contributed by atoms with Crippen LogP contribution < -0.4 is 10.1 Å². The molecular weight excluding hydrogens is 273 g/mol. The molecule has 1 N–H and O–H groups in total. The molecule has 2 aromatic rings. The van der Waals surface area contributed by atoms with E-state index in [0.717, 1.165) is 18.3 Å². The number of thiophene rings is 1. The largest absolute Gasteiger partial charge is 0.488 e. The number of benzene rings is 1. The van der Waals surface area contributed by atoms with Crippen molar-refractivity contribution in [3.63, 3.8) is 0 Å². The van der Waals surface area contributed by atoms with Gasteiger partial charge in [-0.3, -0.25) is 0 Å². The summed E-state index contributed by atoms with van der Waals surface area (Å²) in [4.78, 5) is 2.53. The number of halogens is 1. The van der Waals surface area contributed by atoms with Crippen LogP contribution in [0.1, 0.15) is 28.2 Å². The van der Waals surface area contributed by atoms with E-state index in [-0.39, 0.29) is 5.82 Å². The number of ether oxygens (including phenoxy) is 1. The maximum Gasteiger partial charge on any atom is 0.126 e. The zero-order chi connectivity index (χ0) is 13.9. The Morgan fingerprint density at radius 1 is 1.25 bits per heavy atom. The van der Waals surface area contributed by atoms with Gasteiger partial charge in [0.1, 0.15) is 18.2 Å². The Hall–Kier alpha value is -1.39. The molecule has 106 valence electrons. The smallest absolute Gasteiger partial charge is 0.126 e. The van der Waals surface area contributed by atoms with E-state index < -0.39 is 0 Å². The summed E-state index contributed by atoms with van der Waals surface area (Å²) in [6.45, 7) is 3.24. The highest BCUT2D eigenvalue weighted by atomic mass is 32.1. The lowest BCUT2D eigenvalue weighted by molar-refractivity contribution is 0.309. The van der Waals surface area contributed by atoms with E-state index in [1.54, 1.807) is 30.4 Å². The first-order chi connectivity index (χ1) is 9.70. The number of hydrogen-bond donors (Lipinski definition) is 1. The Morgan fingerprint density at radius 3 is 2.80 bits per heavy atom. The van der Waals surface area contributed by atoms with Crippen LogP contribution in [0, 0.1) is 12.7 Å². The molecule has 1 fully saturated rings. The van der Waals surface area contributed by atoms with Crippen molar-refractivity contribution in [2.75, 3.05) is 0 Å². The summed E-state index contributed by atoms with van der Waals surface area (Å²) in [6, 6.07) is 9.84. The molecule has 0 radical (unpaired) electrons. The molecule has 4 heteroatoms. The molecule has 1 heterocycles. The Bertz CT molecular complexity index is 592. The molecule has 1 aromatic carbocycles. The molecule has 1 aliphatic rings. The van der Waals surface area contributed by atoms with Crippen molar-refractivity contribution in [1.29, 1.82) is 0 Å². The lowest BCUT2D eigenvalue weighted by Crippen LogP contribution is -2.14. The minimum absolute atomic E-state index is 0.193. The van der Waals surface area contributed by atoms with Crippen LogP contribution in [-0.2, 0) is 13.2 Å². The van der Waals surface area contributed by atoms with Gasteiger partial charge in [0.15, 0.2) is 0 Å². The maximum atomic E-state index is 13.2. The summed E-state index contributed by atoms with van der Waals surface area (Å²) < 4.78 is 18.9. The SMILES string of the molecule is Cc1cc(OCc2ccc(CNC3CC3)s2)ccc1F. The van der Waals surface area contributed by atoms with Crippen LogP contribution in [0.25, 0.3) is 0 Å². The second-order valence-electron chi connectivity index (χ2n) is 5.22. The zero-order valence-electron chi connectivity index (χ0n) is 11.5. The average molecular weight is 291 g/mol. The average Bonchev–Trinajstić information content (AvgIpc) is 3.16. The molecular formula is C16H18FNOS. The summed E-state index contributed by atoms with van der Waals surface area (Å²) >= 11 is 1.77. The van der Waals surface area contributed by atoms with Crippen LogP contribution in [0.2, 0.25) is 0 Å². The van der Waals surface area contributed by atoms with Crippen molar-refractivity contribution in [2.45, 2.75) is 39.0 Å². The Morgan fingerprint density at radius 2 is 2.05 bits per heavy atom. The van der Waals surface area contributed by atoms with Gasteiger partial charge in [0.05, 0.1) is 0 Å². The third-order valence-electron chi connectivity index (χ3n) is 3.37. The standard InChI is InChI=1S/C16H18FNOS/c1-11-8-13(4-7-16(11)17)19-10-15-6-5-14(20-15)9-18-12-2-3-12/h4-8,12,18H,2-3,9-10H2,1H3. The minimum atomic E-state index is -0.193. The van der Waals surface area contributed by atoms with Crippen molar-refractivity contribution >= 4 is 11.3 Å². The van der Waals surface area contributed by atoms with Crippen molar-refractivity contribution in [3.8, 4) is 5.75 Å². The van der Waals surface area contributed by atoms with Crippen molar-refractivity contribution < 1.29 is 9.13 Å². The van der Waals surface area contributed by atoms with E-state index in [1.807, 2.05) is 0 Å². The van der Waals surface area contributed by atoms with Crippen molar-refractivity contribution in [1.82, 2.24) is 5.32 Å². The van der Waals surface area contributed by atoms with Gasteiger partial charge in [0.2, 0.25) is 0 Å². The Kier molecular flexibility index (Phi) is 4.03. The van der Waals surface area contributed by atoms with Crippen LogP contribution in [0.3, 0.4) is 0 Å². The van der Waals surface area contributed by atoms with E-state index >= 15 is 0 Å². The van der Waals surface area contributed by atoms with Crippen molar-refractivity contribution in [3.05, 3.63) is 51.5 Å². The van der Waals surface area contributed by atoms with E-state index in [0.29, 0.717) is 12.2 Å². The normalized spacial score (nSPS) is 14.5. The quantitative estimate of drug-likeness (QED) is 0.867. The first-order valence-corrected chi connectivity index (χ1v) is 7.72. The molecule has 2 nitrogen and oxygen atoms in total. The summed E-state index contributed by atoms with van der Waals surface area (Å²) in [5.74, 6) is 0.525. The number of aryl methyl sites for hydroxylation is 1. The molecule has 0 saturated heterocycles. The predicted molar refractivity (Wildman–Crippen MR) is 79.6 cm³/mol. The second-order valence-corrected chi connectivity index (χ2v) is 6.48. The van der Waals surface area contributed by atoms with Gasteiger partial charge in [0, 0.05) is 22.3 Å². The fourth-order valence-corrected chi connectivity index (χ4v) is 2.87. The van der Waals surface area contributed by atoms with Crippen LogP contribution >= 0.6 is 11.3 Å². The Labute approximate surface area is 122 Å². The molecule has 0 atom stereocenters. The fraction of sp³-hybridized carbons (Fsp3) is 0.375. The van der Waals surface area contributed by atoms with Gasteiger partial charge in [-0.1, -0.05) is 0 Å². The van der Waals surface area contributed by atoms with Crippen LogP contribution in [0.5, 0.6) is 5.75 Å². The highest BCUT2D eigenvalue weighted by molar-refractivity contribution is 7.11. The highest BCUT2D eigenvalue weighted by Gasteiger charge is 2.20. The summed E-state index contributed by atoms with van der Waals surface area (Å²) in [6.07, 6.45) is 2.62. The first kappa shape index (κ1) is 13.6. The molecule has 1 saturated carbocycles. The van der Waals surface area contributed by atoms with Crippen molar-refractivity contribution in [2.24, 2.45) is 0 Å². The molecule has 0 unspecified atom stereocenters. The van der Waals surface area contributed by atoms with Gasteiger partial charge in [-0.15, -0.1) is 11.3 Å². The molecule has 3 rings (SSSR count). The highest BCUT2D eigenvalue weighted by Crippen LogP contribution is 2.23. The van der Waals surface area contributed by atoms with Gasteiger partial charge >= 0.3 is 0 Å². The van der Waals surface area contributed by atoms with Gasteiger partial charge in [-0.25, -0.2) is 4.39 Å². The molecule has 20 heavy (non-hydrogen) atoms. The summed E-state index contributed by atoms with van der Waals surface area (Å²) in [7, 11) is 0. The number of rotatable bonds is 6. The van der Waals surface area contributed by atoms with Crippen LogP contribution in [-0.4, -0.2) is 6.04 Å². The molecule has 1 aliphatic carbocycles. The van der Waals surface area contributed by atoms with E-state index in [9.17, 15) is 4.39 Å². The van der Waals surface area contributed by atoms with Gasteiger partial charge in [0.25, 0.3) is 0 Å². The second kappa shape index (κ2) is 5.94. The lowest BCUT2D eigenvalue weighted by Gasteiger charge is -2.06. The third-order valence-corrected chi connectivity index (χ3v) is 4.43. The molecule has 0 bridgehead atoms. The lowest BCUT2D eigenvalue weighted by atomic mass is 10.2. The molecule has 0 spiro atoms. The van der Waals surface area contributed by atoms with E-state index in [4.69, 9.17) is 4.74 Å². The minimum Gasteiger partial charge on any atom is -0.488 e. The van der Waals surface area contributed by atoms with Gasteiger partial charge in [-0.2, -0.15) is 0 Å². The van der Waals surface area contributed by atoms with E-state index in [2.05, 4.69) is 17.4 Å². The van der Waals surface area contributed by atoms with Gasteiger partial charge < -0.3 is 10.1 Å². The van der Waals surface area contributed by atoms with Crippen LogP contribution in [0.4, 0.5) is 4.39 Å². The third kappa shape index (κ3) is 3.58. The summed E-state index contributed by atoms with van der Waals surface area (Å²) in [5, 5.41) is 3.50. The fourth-order valence-electron chi connectivity index (χ4n) is 1.99. The van der Waals surface area contributed by atoms with E-state index in [1.165, 1.54) is 28.7 Å². The first-order valence-electron chi connectivity index (χ1n) is 6.90. The predicted octanol–water partition coefficient (Wildman–Crippen LogP) is 4.03. The van der Waals surface area contributed by atoms with Gasteiger partial charge in [-0.05, 0) is 55.7 Å². The maximum absolute atomic E-state index is 13.2. The molecule has 0 aliphatic heterocycles. The Balaban J connectivity index is 1.53. The molecule has 0 amide bonds. The number of hydrogen-bond acceptors (Lipinski definition) is 3.